The van der Waals surface area contributed by atoms with Gasteiger partial charge in [-0.1, -0.05) is 32.4 Å². The fourth-order valence-corrected chi connectivity index (χ4v) is 4.83. The first-order chi connectivity index (χ1) is 15.5. The summed E-state index contributed by atoms with van der Waals surface area (Å²) in [6.07, 6.45) is 7.30. The lowest BCUT2D eigenvalue weighted by Crippen LogP contribution is -2.47. The fraction of sp³-hybridized carbons (Fsp3) is 0.731. The van der Waals surface area contributed by atoms with Crippen LogP contribution in [0.1, 0.15) is 77.2 Å². The van der Waals surface area contributed by atoms with Gasteiger partial charge in [0.1, 0.15) is 17.5 Å². The molecule has 0 bridgehead atoms. The van der Waals surface area contributed by atoms with Crippen molar-refractivity contribution in [3.63, 3.8) is 0 Å². The zero-order valence-corrected chi connectivity index (χ0v) is 19.9. The molecule has 1 aromatic carbocycles. The molecule has 0 amide bonds. The van der Waals surface area contributed by atoms with E-state index in [1.807, 2.05) is 24.3 Å². The molecule has 6 heteroatoms. The Labute approximate surface area is 192 Å². The molecular formula is C26H40O6. The van der Waals surface area contributed by atoms with Crippen molar-refractivity contribution in [3.8, 4) is 5.75 Å². The van der Waals surface area contributed by atoms with E-state index in [2.05, 4.69) is 13.8 Å². The fourth-order valence-electron chi connectivity index (χ4n) is 4.83. The van der Waals surface area contributed by atoms with Gasteiger partial charge in [0.15, 0.2) is 0 Å². The number of ether oxygens (including phenoxy) is 4. The van der Waals surface area contributed by atoms with Crippen LogP contribution in [-0.4, -0.2) is 48.7 Å². The third kappa shape index (κ3) is 6.69. The second kappa shape index (κ2) is 12.0. The Kier molecular flexibility index (Phi) is 9.38. The average molecular weight is 449 g/mol. The Hall–Kier alpha value is -1.63. The number of aliphatic hydroxyl groups is 1. The number of benzene rings is 1. The second-order valence-electron chi connectivity index (χ2n) is 9.44. The van der Waals surface area contributed by atoms with Crippen molar-refractivity contribution in [2.24, 2.45) is 5.92 Å². The summed E-state index contributed by atoms with van der Waals surface area (Å²) in [6.45, 7) is 5.30. The molecule has 0 radical (unpaired) electrons. The molecule has 0 spiro atoms. The molecule has 0 saturated carbocycles. The van der Waals surface area contributed by atoms with Crippen LogP contribution in [0.25, 0.3) is 0 Å². The smallest absolute Gasteiger partial charge is 0.309 e. The standard InChI is InChI=1S/C26H40O6/c1-4-5-14-26-15-12-22(31-24(26)17-25(28)32-26)9-6-19(2)23(27)13-16-30-18-20-7-10-21(29-3)11-8-20/h7-8,10-11,19,22-24,27H,4-6,9,12-18H2,1-3H3/t19-,22?,23-,24?,26?/m0/s1. The predicted octanol–water partition coefficient (Wildman–Crippen LogP) is 4.80. The van der Waals surface area contributed by atoms with Crippen molar-refractivity contribution in [2.75, 3.05) is 13.7 Å². The van der Waals surface area contributed by atoms with E-state index in [4.69, 9.17) is 18.9 Å². The maximum atomic E-state index is 11.9. The first-order valence-corrected chi connectivity index (χ1v) is 12.2. The normalized spacial score (nSPS) is 26.9. The molecule has 3 rings (SSSR count). The minimum Gasteiger partial charge on any atom is -0.497 e. The molecule has 32 heavy (non-hydrogen) atoms. The topological polar surface area (TPSA) is 74.2 Å². The van der Waals surface area contributed by atoms with Gasteiger partial charge in [-0.15, -0.1) is 0 Å². The molecule has 2 saturated heterocycles. The molecule has 3 unspecified atom stereocenters. The van der Waals surface area contributed by atoms with E-state index >= 15 is 0 Å². The Morgan fingerprint density at radius 1 is 1.25 bits per heavy atom. The summed E-state index contributed by atoms with van der Waals surface area (Å²) < 4.78 is 23.0. The van der Waals surface area contributed by atoms with E-state index < -0.39 is 11.7 Å². The van der Waals surface area contributed by atoms with Gasteiger partial charge in [0.2, 0.25) is 0 Å². The highest BCUT2D eigenvalue weighted by atomic mass is 16.6. The number of rotatable bonds is 13. The van der Waals surface area contributed by atoms with Gasteiger partial charge in [0.05, 0.1) is 32.3 Å². The molecule has 2 aliphatic heterocycles. The van der Waals surface area contributed by atoms with Gasteiger partial charge < -0.3 is 24.1 Å². The van der Waals surface area contributed by atoms with E-state index in [0.29, 0.717) is 26.1 Å². The van der Waals surface area contributed by atoms with Gasteiger partial charge in [-0.2, -0.15) is 0 Å². The third-order valence-electron chi connectivity index (χ3n) is 7.04. The number of methoxy groups -OCH3 is 1. The SMILES string of the molecule is CCCCC12CCC(CC[C@H](C)[C@@H](O)CCOCc3ccc(OC)cc3)OC1CC(=O)O2. The summed E-state index contributed by atoms with van der Waals surface area (Å²) in [5.41, 5.74) is 0.697. The van der Waals surface area contributed by atoms with Gasteiger partial charge >= 0.3 is 5.97 Å². The highest BCUT2D eigenvalue weighted by Gasteiger charge is 2.52. The zero-order chi connectivity index (χ0) is 23.0. The van der Waals surface area contributed by atoms with Crippen molar-refractivity contribution < 1.29 is 28.8 Å². The van der Waals surface area contributed by atoms with E-state index in [1.165, 1.54) is 0 Å². The number of unbranched alkanes of at least 4 members (excludes halogenated alkanes) is 1. The van der Waals surface area contributed by atoms with Crippen LogP contribution in [0.2, 0.25) is 0 Å². The van der Waals surface area contributed by atoms with Crippen LogP contribution in [0.3, 0.4) is 0 Å². The Morgan fingerprint density at radius 3 is 2.75 bits per heavy atom. The highest BCUT2D eigenvalue weighted by molar-refractivity contribution is 5.73. The molecule has 1 aromatic rings. The molecule has 0 aromatic heterocycles. The monoisotopic (exact) mass is 448 g/mol. The molecule has 2 fully saturated rings. The van der Waals surface area contributed by atoms with E-state index in [-0.39, 0.29) is 24.1 Å². The zero-order valence-electron chi connectivity index (χ0n) is 19.9. The average Bonchev–Trinajstić information content (AvgIpc) is 3.14. The summed E-state index contributed by atoms with van der Waals surface area (Å²) in [6, 6.07) is 7.82. The first kappa shape index (κ1) is 25.0. The molecule has 1 N–H and O–H groups in total. The lowest BCUT2D eigenvalue weighted by Gasteiger charge is -2.41. The van der Waals surface area contributed by atoms with E-state index in [9.17, 15) is 9.90 Å². The Bertz CT molecular complexity index is 705. The van der Waals surface area contributed by atoms with Crippen LogP contribution < -0.4 is 4.74 Å². The Balaban J connectivity index is 1.34. The molecule has 180 valence electrons. The number of esters is 1. The molecule has 2 aliphatic rings. The minimum absolute atomic E-state index is 0.105. The number of aliphatic hydroxyl groups excluding tert-OH is 1. The largest absolute Gasteiger partial charge is 0.497 e. The van der Waals surface area contributed by atoms with Crippen molar-refractivity contribution >= 4 is 5.97 Å². The lowest BCUT2D eigenvalue weighted by atomic mass is 9.81. The summed E-state index contributed by atoms with van der Waals surface area (Å²) in [7, 11) is 1.65. The first-order valence-electron chi connectivity index (χ1n) is 12.2. The highest BCUT2D eigenvalue weighted by Crippen LogP contribution is 2.43. The summed E-state index contributed by atoms with van der Waals surface area (Å²) >= 11 is 0. The van der Waals surface area contributed by atoms with Crippen LogP contribution in [0.4, 0.5) is 0 Å². The van der Waals surface area contributed by atoms with Crippen LogP contribution in [0.15, 0.2) is 24.3 Å². The number of carbonyl (C=O) groups is 1. The molecule has 5 atom stereocenters. The van der Waals surface area contributed by atoms with Crippen LogP contribution >= 0.6 is 0 Å². The predicted molar refractivity (Wildman–Crippen MR) is 123 cm³/mol. The van der Waals surface area contributed by atoms with Gasteiger partial charge in [-0.05, 0) is 68.6 Å². The van der Waals surface area contributed by atoms with Gasteiger partial charge in [0, 0.05) is 6.61 Å². The van der Waals surface area contributed by atoms with Crippen molar-refractivity contribution in [1.29, 1.82) is 0 Å². The summed E-state index contributed by atoms with van der Waals surface area (Å²) in [5, 5.41) is 10.5. The Morgan fingerprint density at radius 2 is 2.03 bits per heavy atom. The third-order valence-corrected chi connectivity index (χ3v) is 7.04. The van der Waals surface area contributed by atoms with Gasteiger partial charge in [-0.25, -0.2) is 0 Å². The quantitative estimate of drug-likeness (QED) is 0.345. The van der Waals surface area contributed by atoms with Crippen LogP contribution in [0.5, 0.6) is 5.75 Å². The summed E-state index contributed by atoms with van der Waals surface area (Å²) in [4.78, 5) is 11.9. The molecule has 0 aliphatic carbocycles. The number of carbonyl (C=O) groups excluding carboxylic acids is 1. The van der Waals surface area contributed by atoms with Crippen molar-refractivity contribution in [1.82, 2.24) is 0 Å². The molecule has 6 nitrogen and oxygen atoms in total. The number of hydrogen-bond acceptors (Lipinski definition) is 6. The minimum atomic E-state index is -0.394. The van der Waals surface area contributed by atoms with Crippen molar-refractivity contribution in [2.45, 2.75) is 102 Å². The van der Waals surface area contributed by atoms with E-state index in [0.717, 1.165) is 56.3 Å². The number of hydrogen-bond donors (Lipinski definition) is 1. The van der Waals surface area contributed by atoms with Crippen LogP contribution in [0, 0.1) is 5.92 Å². The van der Waals surface area contributed by atoms with E-state index in [1.54, 1.807) is 7.11 Å². The van der Waals surface area contributed by atoms with Gasteiger partial charge in [-0.3, -0.25) is 4.79 Å². The maximum absolute atomic E-state index is 11.9. The molecule has 2 heterocycles. The molecular weight excluding hydrogens is 408 g/mol. The lowest BCUT2D eigenvalue weighted by molar-refractivity contribution is -0.173. The number of fused-ring (bicyclic) bond motifs is 1. The van der Waals surface area contributed by atoms with Crippen LogP contribution in [-0.2, 0) is 25.6 Å². The van der Waals surface area contributed by atoms with Gasteiger partial charge in [0.25, 0.3) is 0 Å². The summed E-state index contributed by atoms with van der Waals surface area (Å²) in [5.74, 6) is 0.889. The van der Waals surface area contributed by atoms with Crippen molar-refractivity contribution in [3.05, 3.63) is 29.8 Å². The maximum Gasteiger partial charge on any atom is 0.309 e. The second-order valence-corrected chi connectivity index (χ2v) is 9.44.